The van der Waals surface area contributed by atoms with Gasteiger partial charge in [0.15, 0.2) is 0 Å². The van der Waals surface area contributed by atoms with Gasteiger partial charge in [-0.25, -0.2) is 9.82 Å². The van der Waals surface area contributed by atoms with E-state index in [9.17, 15) is 14.0 Å². The average Bonchev–Trinajstić information content (AvgIpc) is 3.16. The van der Waals surface area contributed by atoms with Gasteiger partial charge in [0.2, 0.25) is 11.0 Å². The first-order valence-electron chi connectivity index (χ1n) is 8.39. The minimum Gasteiger partial charge on any atom is -0.497 e. The molecule has 0 fully saturated rings. The lowest BCUT2D eigenvalue weighted by molar-refractivity contribution is -0.120. The molecule has 3 rings (SSSR count). The lowest BCUT2D eigenvalue weighted by Gasteiger charge is -2.02. The van der Waals surface area contributed by atoms with Crippen LogP contribution in [0.2, 0.25) is 0 Å². The molecule has 0 saturated heterocycles. The molecule has 10 heteroatoms. The summed E-state index contributed by atoms with van der Waals surface area (Å²) in [6.07, 6.45) is 1.36. The molecule has 8 nitrogen and oxygen atoms in total. The topological polar surface area (TPSA) is 106 Å². The summed E-state index contributed by atoms with van der Waals surface area (Å²) in [4.78, 5) is 24.1. The molecule has 0 unspecified atom stereocenters. The van der Waals surface area contributed by atoms with Crippen molar-refractivity contribution >= 4 is 34.5 Å². The summed E-state index contributed by atoms with van der Waals surface area (Å²) in [6, 6.07) is 12.3. The van der Waals surface area contributed by atoms with Crippen LogP contribution in [0.1, 0.15) is 20.9 Å². The molecule has 1 heterocycles. The fourth-order valence-electron chi connectivity index (χ4n) is 2.19. The second-order valence-electron chi connectivity index (χ2n) is 5.71. The average molecular weight is 413 g/mol. The molecule has 0 bridgehead atoms. The normalized spacial score (nSPS) is 10.7. The predicted molar refractivity (Wildman–Crippen MR) is 107 cm³/mol. The highest BCUT2D eigenvalue weighted by Gasteiger charge is 2.12. The summed E-state index contributed by atoms with van der Waals surface area (Å²) in [5, 5.41) is 14.9. The first-order valence-corrected chi connectivity index (χ1v) is 9.20. The third-order valence-corrected chi connectivity index (χ3v) is 4.46. The number of methoxy groups -OCH3 is 1. The fourth-order valence-corrected chi connectivity index (χ4v) is 2.93. The van der Waals surface area contributed by atoms with Gasteiger partial charge in [0.25, 0.3) is 5.91 Å². The van der Waals surface area contributed by atoms with Crippen LogP contribution in [0.4, 0.5) is 9.52 Å². The number of amides is 2. The number of carbonyl (C=O) groups excluding carboxylic acids is 2. The summed E-state index contributed by atoms with van der Waals surface area (Å²) in [6.45, 7) is 0. The van der Waals surface area contributed by atoms with Gasteiger partial charge in [-0.05, 0) is 42.0 Å². The number of rotatable bonds is 7. The molecule has 2 N–H and O–H groups in total. The Labute approximate surface area is 169 Å². The van der Waals surface area contributed by atoms with Gasteiger partial charge < -0.3 is 4.74 Å². The molecule has 2 amide bonds. The quantitative estimate of drug-likeness (QED) is 0.458. The van der Waals surface area contributed by atoms with E-state index < -0.39 is 5.91 Å². The van der Waals surface area contributed by atoms with Crippen molar-refractivity contribution in [3.63, 3.8) is 0 Å². The van der Waals surface area contributed by atoms with E-state index in [1.54, 1.807) is 31.4 Å². The maximum atomic E-state index is 12.8. The highest BCUT2D eigenvalue weighted by atomic mass is 32.1. The molecular formula is C19H16FN5O3S. The summed E-state index contributed by atoms with van der Waals surface area (Å²) in [5.74, 6) is -0.443. The van der Waals surface area contributed by atoms with Crippen LogP contribution in [-0.2, 0) is 11.2 Å². The molecule has 2 aromatic carbocycles. The zero-order valence-corrected chi connectivity index (χ0v) is 16.1. The molecule has 148 valence electrons. The van der Waals surface area contributed by atoms with Crippen molar-refractivity contribution < 1.29 is 18.7 Å². The number of anilines is 1. The predicted octanol–water partition coefficient (Wildman–Crippen LogP) is 2.63. The number of aromatic nitrogens is 2. The third kappa shape index (κ3) is 5.91. The van der Waals surface area contributed by atoms with Gasteiger partial charge >= 0.3 is 0 Å². The third-order valence-electron chi connectivity index (χ3n) is 3.62. The Morgan fingerprint density at radius 2 is 1.86 bits per heavy atom. The van der Waals surface area contributed by atoms with Gasteiger partial charge in [0.1, 0.15) is 16.6 Å². The zero-order chi connectivity index (χ0) is 20.6. The van der Waals surface area contributed by atoms with Gasteiger partial charge in [0, 0.05) is 5.56 Å². The van der Waals surface area contributed by atoms with Gasteiger partial charge in [-0.1, -0.05) is 23.5 Å². The fraction of sp³-hybridized carbons (Fsp3) is 0.105. The Hall–Kier alpha value is -3.66. The van der Waals surface area contributed by atoms with E-state index in [1.165, 1.54) is 30.5 Å². The second kappa shape index (κ2) is 9.51. The Bertz CT molecular complexity index is 1020. The van der Waals surface area contributed by atoms with Gasteiger partial charge in [-0.15, -0.1) is 10.2 Å². The summed E-state index contributed by atoms with van der Waals surface area (Å²) in [7, 11) is 1.54. The molecule has 3 aromatic rings. The van der Waals surface area contributed by atoms with Crippen molar-refractivity contribution in [2.24, 2.45) is 5.10 Å². The Kier molecular flexibility index (Phi) is 6.59. The van der Waals surface area contributed by atoms with E-state index in [0.717, 1.165) is 11.3 Å². The Balaban J connectivity index is 1.50. The maximum Gasteiger partial charge on any atom is 0.257 e. The van der Waals surface area contributed by atoms with Gasteiger partial charge in [0.05, 0.1) is 19.7 Å². The van der Waals surface area contributed by atoms with Gasteiger partial charge in [-0.2, -0.15) is 5.10 Å². The summed E-state index contributed by atoms with van der Waals surface area (Å²) >= 11 is 1.09. The zero-order valence-electron chi connectivity index (χ0n) is 15.3. The maximum absolute atomic E-state index is 12.8. The molecule has 0 saturated carbocycles. The van der Waals surface area contributed by atoms with Crippen LogP contribution in [0.25, 0.3) is 0 Å². The molecule has 0 aliphatic rings. The van der Waals surface area contributed by atoms with Crippen molar-refractivity contribution in [2.75, 3.05) is 12.4 Å². The number of ether oxygens (including phenoxy) is 1. The van der Waals surface area contributed by atoms with Crippen molar-refractivity contribution in [1.82, 2.24) is 15.6 Å². The monoisotopic (exact) mass is 413 g/mol. The van der Waals surface area contributed by atoms with E-state index in [-0.39, 0.29) is 23.3 Å². The molecule has 0 atom stereocenters. The minimum atomic E-state index is -0.396. The van der Waals surface area contributed by atoms with Crippen LogP contribution in [0, 0.1) is 5.82 Å². The van der Waals surface area contributed by atoms with Crippen LogP contribution < -0.4 is 15.5 Å². The Morgan fingerprint density at radius 1 is 1.14 bits per heavy atom. The van der Waals surface area contributed by atoms with Crippen LogP contribution in [0.3, 0.4) is 0 Å². The molecule has 0 spiro atoms. The van der Waals surface area contributed by atoms with E-state index in [2.05, 4.69) is 26.0 Å². The largest absolute Gasteiger partial charge is 0.497 e. The number of nitrogens with zero attached hydrogens (tertiary/aromatic N) is 3. The van der Waals surface area contributed by atoms with E-state index in [4.69, 9.17) is 4.74 Å². The summed E-state index contributed by atoms with van der Waals surface area (Å²) in [5.41, 5.74) is 3.44. The number of benzene rings is 2. The summed E-state index contributed by atoms with van der Waals surface area (Å²) < 4.78 is 17.9. The smallest absolute Gasteiger partial charge is 0.257 e. The van der Waals surface area contributed by atoms with Crippen LogP contribution in [0.15, 0.2) is 53.6 Å². The van der Waals surface area contributed by atoms with Crippen molar-refractivity contribution in [2.45, 2.75) is 6.42 Å². The van der Waals surface area contributed by atoms with Gasteiger partial charge in [-0.3, -0.25) is 14.9 Å². The molecule has 1 aromatic heterocycles. The molecule has 0 radical (unpaired) electrons. The second-order valence-corrected chi connectivity index (χ2v) is 6.77. The first kappa shape index (κ1) is 20.1. The van der Waals surface area contributed by atoms with E-state index >= 15 is 0 Å². The number of hydrogen-bond acceptors (Lipinski definition) is 7. The van der Waals surface area contributed by atoms with Crippen molar-refractivity contribution in [1.29, 1.82) is 0 Å². The van der Waals surface area contributed by atoms with Crippen molar-refractivity contribution in [3.8, 4) is 5.75 Å². The standard InChI is InChI=1S/C19H16FN5O3S/c1-28-15-8-4-13(5-9-15)18(27)22-19-25-24-17(29-19)10-16(26)23-21-11-12-2-6-14(20)7-3-12/h2-9,11H,10H2,1H3,(H,23,26)(H,22,25,27)/b21-11-. The molecule has 0 aliphatic heterocycles. The van der Waals surface area contributed by atoms with Crippen LogP contribution >= 0.6 is 11.3 Å². The van der Waals surface area contributed by atoms with Crippen molar-refractivity contribution in [3.05, 3.63) is 70.5 Å². The number of hydrogen-bond donors (Lipinski definition) is 2. The first-order chi connectivity index (χ1) is 14.0. The number of halogens is 1. The molecule has 29 heavy (non-hydrogen) atoms. The van der Waals surface area contributed by atoms with Crippen LogP contribution in [-0.4, -0.2) is 35.3 Å². The lowest BCUT2D eigenvalue weighted by atomic mass is 10.2. The minimum absolute atomic E-state index is 0.0448. The highest BCUT2D eigenvalue weighted by molar-refractivity contribution is 7.15. The Morgan fingerprint density at radius 3 is 2.55 bits per heavy atom. The molecular weight excluding hydrogens is 397 g/mol. The van der Waals surface area contributed by atoms with Crippen LogP contribution in [0.5, 0.6) is 5.75 Å². The van der Waals surface area contributed by atoms with E-state index in [1.807, 2.05) is 0 Å². The number of nitrogens with one attached hydrogen (secondary N) is 2. The number of hydrazone groups is 1. The SMILES string of the molecule is COc1ccc(C(=O)Nc2nnc(CC(=O)N/N=C\c3ccc(F)cc3)s2)cc1. The number of carbonyl (C=O) groups is 2. The van der Waals surface area contributed by atoms with E-state index in [0.29, 0.717) is 21.9 Å². The molecule has 0 aliphatic carbocycles. The highest BCUT2D eigenvalue weighted by Crippen LogP contribution is 2.18. The lowest BCUT2D eigenvalue weighted by Crippen LogP contribution is -2.19.